The molecule has 0 atom stereocenters. The third-order valence-corrected chi connectivity index (χ3v) is 7.28. The number of thiophene rings is 1. The van der Waals surface area contributed by atoms with Gasteiger partial charge in [0.2, 0.25) is 0 Å². The van der Waals surface area contributed by atoms with Crippen LogP contribution in [0.3, 0.4) is 0 Å². The zero-order valence-electron chi connectivity index (χ0n) is 9.26. The fourth-order valence-electron chi connectivity index (χ4n) is 1.65. The summed E-state index contributed by atoms with van der Waals surface area (Å²) in [7, 11) is -3.29. The fourth-order valence-corrected chi connectivity index (χ4v) is 5.74. The molecule has 17 heavy (non-hydrogen) atoms. The van der Waals surface area contributed by atoms with Crippen LogP contribution in [0, 0.1) is 0 Å². The van der Waals surface area contributed by atoms with E-state index in [2.05, 4.69) is 0 Å². The molecule has 0 spiro atoms. The summed E-state index contributed by atoms with van der Waals surface area (Å²) in [6.07, 6.45) is 0.928. The number of rotatable bonds is 3. The smallest absolute Gasteiger partial charge is 0.206 e. The Balaban J connectivity index is 2.22. The average molecular weight is 312 g/mol. The molecular formula is C10H14ClNO2S3. The van der Waals surface area contributed by atoms with Gasteiger partial charge >= 0.3 is 0 Å². The van der Waals surface area contributed by atoms with Crippen LogP contribution in [0.15, 0.2) is 15.7 Å². The summed E-state index contributed by atoms with van der Waals surface area (Å²) in [5.74, 6) is 2.29. The summed E-state index contributed by atoms with van der Waals surface area (Å²) >= 11 is 8.77. The lowest BCUT2D eigenvalue weighted by atomic mass is 10.4. The van der Waals surface area contributed by atoms with E-state index in [4.69, 9.17) is 11.6 Å². The molecule has 0 aliphatic carbocycles. The molecular weight excluding hydrogens is 298 g/mol. The van der Waals surface area contributed by atoms with Crippen molar-refractivity contribution in [1.82, 2.24) is 4.31 Å². The van der Waals surface area contributed by atoms with Gasteiger partial charge in [0.25, 0.3) is 10.0 Å². The Hall–Kier alpha value is 0.250. The monoisotopic (exact) mass is 311 g/mol. The van der Waals surface area contributed by atoms with Crippen molar-refractivity contribution in [3.05, 3.63) is 17.0 Å². The molecule has 0 aromatic carbocycles. The molecule has 1 fully saturated rings. The van der Waals surface area contributed by atoms with Crippen LogP contribution in [-0.2, 0) is 15.9 Å². The first-order chi connectivity index (χ1) is 8.14. The fraction of sp³-hybridized carbons (Fsp3) is 0.600. The van der Waals surface area contributed by atoms with Gasteiger partial charge < -0.3 is 0 Å². The topological polar surface area (TPSA) is 37.4 Å². The summed E-state index contributed by atoms with van der Waals surface area (Å²) < 4.78 is 26.7. The van der Waals surface area contributed by atoms with Gasteiger partial charge in [0.15, 0.2) is 0 Å². The maximum absolute atomic E-state index is 12.4. The van der Waals surface area contributed by atoms with Gasteiger partial charge in [0.1, 0.15) is 4.21 Å². The Morgan fingerprint density at radius 3 is 2.88 bits per heavy atom. The van der Waals surface area contributed by atoms with Crippen molar-refractivity contribution >= 4 is 44.7 Å². The van der Waals surface area contributed by atoms with Gasteiger partial charge in [0.05, 0.1) is 0 Å². The quantitative estimate of drug-likeness (QED) is 0.805. The minimum absolute atomic E-state index is 0.363. The van der Waals surface area contributed by atoms with Crippen LogP contribution in [0.2, 0.25) is 0 Å². The predicted molar refractivity (Wildman–Crippen MR) is 74.6 cm³/mol. The van der Waals surface area contributed by atoms with E-state index in [0.717, 1.165) is 23.5 Å². The van der Waals surface area contributed by atoms with E-state index in [1.54, 1.807) is 10.4 Å². The molecule has 7 heteroatoms. The predicted octanol–water partition coefficient (Wildman–Crippen LogP) is 2.61. The number of hydrogen-bond acceptors (Lipinski definition) is 4. The van der Waals surface area contributed by atoms with Gasteiger partial charge in [-0.2, -0.15) is 16.1 Å². The van der Waals surface area contributed by atoms with Crippen LogP contribution in [0.4, 0.5) is 0 Å². The molecule has 96 valence electrons. The van der Waals surface area contributed by atoms with Crippen LogP contribution in [0.25, 0.3) is 0 Å². The molecule has 0 saturated carbocycles. The summed E-state index contributed by atoms with van der Waals surface area (Å²) in [4.78, 5) is 0. The van der Waals surface area contributed by atoms with Crippen LogP contribution < -0.4 is 0 Å². The maximum Gasteiger partial charge on any atom is 0.252 e. The van der Waals surface area contributed by atoms with E-state index in [0.29, 0.717) is 23.2 Å². The zero-order chi connectivity index (χ0) is 12.3. The normalized spacial score (nSPS) is 19.1. The third kappa shape index (κ3) is 3.17. The Kier molecular flexibility index (Phi) is 4.77. The number of halogens is 1. The van der Waals surface area contributed by atoms with Gasteiger partial charge in [-0.3, -0.25) is 0 Å². The molecule has 0 unspecified atom stereocenters. The van der Waals surface area contributed by atoms with Gasteiger partial charge in [-0.05, 0) is 29.2 Å². The highest BCUT2D eigenvalue weighted by molar-refractivity contribution is 7.99. The summed E-state index contributed by atoms with van der Waals surface area (Å²) in [6.45, 7) is 1.24. The molecule has 0 N–H and O–H groups in total. The molecule has 0 radical (unpaired) electrons. The van der Waals surface area contributed by atoms with E-state index < -0.39 is 10.0 Å². The first kappa shape index (κ1) is 13.7. The lowest BCUT2D eigenvalue weighted by molar-refractivity contribution is 0.436. The largest absolute Gasteiger partial charge is 0.252 e. The highest BCUT2D eigenvalue weighted by Gasteiger charge is 2.26. The summed E-state index contributed by atoms with van der Waals surface area (Å²) in [5.41, 5.74) is 0.874. The number of thioether (sulfide) groups is 1. The van der Waals surface area contributed by atoms with Crippen molar-refractivity contribution in [2.75, 3.05) is 24.6 Å². The molecule has 1 saturated heterocycles. The van der Waals surface area contributed by atoms with Crippen LogP contribution in [0.5, 0.6) is 0 Å². The first-order valence-electron chi connectivity index (χ1n) is 5.36. The van der Waals surface area contributed by atoms with E-state index in [1.165, 1.54) is 11.3 Å². The minimum Gasteiger partial charge on any atom is -0.206 e. The van der Waals surface area contributed by atoms with Gasteiger partial charge in [-0.15, -0.1) is 22.9 Å². The molecule has 2 rings (SSSR count). The lowest BCUT2D eigenvalue weighted by Gasteiger charge is -2.18. The van der Waals surface area contributed by atoms with Crippen molar-refractivity contribution in [1.29, 1.82) is 0 Å². The molecule has 1 aliphatic heterocycles. The van der Waals surface area contributed by atoms with Crippen molar-refractivity contribution in [2.45, 2.75) is 16.5 Å². The SMILES string of the molecule is O=S(=O)(c1cc(CCl)cs1)N1CCCSCC1. The second-order valence-corrected chi connectivity index (χ2v) is 8.35. The van der Waals surface area contributed by atoms with Crippen LogP contribution in [0.1, 0.15) is 12.0 Å². The molecule has 1 aromatic rings. The molecule has 3 nitrogen and oxygen atoms in total. The van der Waals surface area contributed by atoms with E-state index in [-0.39, 0.29) is 0 Å². The average Bonchev–Trinajstić information content (AvgIpc) is 2.64. The third-order valence-electron chi connectivity index (χ3n) is 2.56. The molecule has 1 aliphatic rings. The number of hydrogen-bond donors (Lipinski definition) is 0. The molecule has 1 aromatic heterocycles. The summed E-state index contributed by atoms with van der Waals surface area (Å²) in [5, 5.41) is 1.81. The maximum atomic E-state index is 12.4. The van der Waals surface area contributed by atoms with Crippen molar-refractivity contribution in [3.8, 4) is 0 Å². The Labute approximate surface area is 115 Å². The van der Waals surface area contributed by atoms with Crippen LogP contribution in [-0.4, -0.2) is 37.3 Å². The lowest BCUT2D eigenvalue weighted by Crippen LogP contribution is -2.32. The molecule has 0 amide bonds. The van der Waals surface area contributed by atoms with Gasteiger partial charge in [-0.25, -0.2) is 8.42 Å². The summed E-state index contributed by atoms with van der Waals surface area (Å²) in [6, 6.07) is 1.69. The highest BCUT2D eigenvalue weighted by Crippen LogP contribution is 2.26. The Morgan fingerprint density at radius 2 is 2.18 bits per heavy atom. The van der Waals surface area contributed by atoms with Crippen molar-refractivity contribution < 1.29 is 8.42 Å². The van der Waals surface area contributed by atoms with Crippen LogP contribution >= 0.6 is 34.7 Å². The number of nitrogens with zero attached hydrogens (tertiary/aromatic N) is 1. The number of sulfonamides is 1. The minimum atomic E-state index is -3.29. The Morgan fingerprint density at radius 1 is 1.35 bits per heavy atom. The van der Waals surface area contributed by atoms with Gasteiger partial charge in [0, 0.05) is 24.7 Å². The van der Waals surface area contributed by atoms with E-state index >= 15 is 0 Å². The first-order valence-corrected chi connectivity index (χ1v) is 9.37. The van der Waals surface area contributed by atoms with Gasteiger partial charge in [-0.1, -0.05) is 0 Å². The van der Waals surface area contributed by atoms with Crippen molar-refractivity contribution in [3.63, 3.8) is 0 Å². The second kappa shape index (κ2) is 5.93. The van der Waals surface area contributed by atoms with E-state index in [1.807, 2.05) is 17.1 Å². The Bertz CT molecular complexity index is 464. The standard InChI is InChI=1S/C10H14ClNO2S3/c11-7-9-6-10(16-8-9)17(13,14)12-2-1-4-15-5-3-12/h6,8H,1-5,7H2. The van der Waals surface area contributed by atoms with E-state index in [9.17, 15) is 8.42 Å². The zero-order valence-corrected chi connectivity index (χ0v) is 12.5. The molecule has 2 heterocycles. The second-order valence-electron chi connectivity index (χ2n) is 3.78. The van der Waals surface area contributed by atoms with Crippen molar-refractivity contribution in [2.24, 2.45) is 0 Å². The number of alkyl halides is 1. The highest BCUT2D eigenvalue weighted by atomic mass is 35.5. The molecule has 0 bridgehead atoms.